The predicted molar refractivity (Wildman–Crippen MR) is 91.0 cm³/mol. The van der Waals surface area contributed by atoms with E-state index in [0.29, 0.717) is 0 Å². The summed E-state index contributed by atoms with van der Waals surface area (Å²) in [5, 5.41) is 0.861. The van der Waals surface area contributed by atoms with Crippen molar-refractivity contribution in [1.82, 2.24) is 19.6 Å². The molecular formula is C15H9N5S2. The summed E-state index contributed by atoms with van der Waals surface area (Å²) in [5.41, 5.74) is 4.01. The molecule has 0 radical (unpaired) electrons. The molecule has 5 rings (SSSR count). The molecule has 0 bridgehead atoms. The van der Waals surface area contributed by atoms with Crippen molar-refractivity contribution in [2.24, 2.45) is 4.47 Å². The van der Waals surface area contributed by atoms with Crippen LogP contribution in [-0.4, -0.2) is 23.8 Å². The van der Waals surface area contributed by atoms with E-state index in [4.69, 9.17) is 0 Å². The topological polar surface area (TPSA) is 58.9 Å². The van der Waals surface area contributed by atoms with Crippen LogP contribution >= 0.6 is 11.8 Å². The summed E-state index contributed by atoms with van der Waals surface area (Å²) in [6.07, 6.45) is 0. The summed E-state index contributed by atoms with van der Waals surface area (Å²) in [6, 6.07) is 16.0. The highest BCUT2D eigenvalue weighted by molar-refractivity contribution is 8.21. The highest BCUT2D eigenvalue weighted by atomic mass is 32.2. The number of para-hydroxylation sites is 4. The number of fused-ring (bicyclic) bond motifs is 4. The molecule has 0 unspecified atom stereocenters. The molecule has 0 atom stereocenters. The Kier molecular flexibility index (Phi) is 2.53. The van der Waals surface area contributed by atoms with Gasteiger partial charge in [-0.2, -0.15) is 0 Å². The Morgan fingerprint density at radius 3 is 2.68 bits per heavy atom. The summed E-state index contributed by atoms with van der Waals surface area (Å²) in [7, 11) is 0. The number of thioether (sulfide) groups is 1. The van der Waals surface area contributed by atoms with Crippen LogP contribution in [0.15, 0.2) is 58.2 Å². The monoisotopic (exact) mass is 323 g/mol. The van der Waals surface area contributed by atoms with Crippen molar-refractivity contribution in [3.05, 3.63) is 54.4 Å². The molecular weight excluding hydrogens is 314 g/mol. The van der Waals surface area contributed by atoms with E-state index in [2.05, 4.69) is 19.4 Å². The fourth-order valence-corrected chi connectivity index (χ4v) is 4.20. The molecule has 0 saturated carbocycles. The van der Waals surface area contributed by atoms with Crippen LogP contribution in [0.2, 0.25) is 0 Å². The Bertz CT molecular complexity index is 1070. The SMILES string of the molecule is c1ccc2[nH]c(SC3=S=Nn4c3nc3ccccc34)nc2c1. The van der Waals surface area contributed by atoms with E-state index in [0.717, 1.165) is 37.2 Å². The largest absolute Gasteiger partial charge is 0.333 e. The van der Waals surface area contributed by atoms with Crippen molar-refractivity contribution in [3.8, 4) is 0 Å². The second-order valence-corrected chi connectivity index (χ2v) is 6.87. The molecule has 2 aromatic heterocycles. The lowest BCUT2D eigenvalue weighted by Gasteiger charge is -1.95. The Labute approximate surface area is 133 Å². The number of nitrogens with zero attached hydrogens (tertiary/aromatic N) is 4. The third-order valence-corrected chi connectivity index (χ3v) is 5.30. The Morgan fingerprint density at radius 1 is 0.955 bits per heavy atom. The number of aromatic amines is 1. The quantitative estimate of drug-likeness (QED) is 0.547. The van der Waals surface area contributed by atoms with Gasteiger partial charge in [-0.15, -0.1) is 4.47 Å². The van der Waals surface area contributed by atoms with Crippen LogP contribution in [0, 0.1) is 0 Å². The minimum absolute atomic E-state index is 0.861. The third kappa shape index (κ3) is 1.76. The molecule has 1 aliphatic rings. The first-order valence-corrected chi connectivity index (χ1v) is 8.33. The lowest BCUT2D eigenvalue weighted by molar-refractivity contribution is 0.927. The standard InChI is InChI=1S/C15H9N5S2/c1-2-6-10-9(5-1)17-15(18-10)21-14-13-16-11-7-3-4-8-12(11)20(13)19-22-14/h1-8H,(H,17,18). The lowest BCUT2D eigenvalue weighted by atomic mass is 10.3. The molecule has 0 amide bonds. The van der Waals surface area contributed by atoms with Gasteiger partial charge in [-0.1, -0.05) is 24.3 Å². The first-order valence-electron chi connectivity index (χ1n) is 6.74. The molecule has 2 aromatic carbocycles. The van der Waals surface area contributed by atoms with Crippen molar-refractivity contribution in [3.63, 3.8) is 0 Å². The molecule has 1 aliphatic heterocycles. The number of hydrogen-bond acceptors (Lipinski definition) is 4. The number of imidazole rings is 2. The van der Waals surface area contributed by atoms with Gasteiger partial charge >= 0.3 is 0 Å². The van der Waals surface area contributed by atoms with E-state index in [-0.39, 0.29) is 0 Å². The summed E-state index contributed by atoms with van der Waals surface area (Å²) in [5.74, 6) is 0.886. The van der Waals surface area contributed by atoms with E-state index in [1.165, 1.54) is 11.1 Å². The number of aromatic nitrogens is 4. The number of rotatable bonds is 1. The maximum atomic E-state index is 4.67. The minimum Gasteiger partial charge on any atom is -0.333 e. The second-order valence-electron chi connectivity index (χ2n) is 4.86. The highest BCUT2D eigenvalue weighted by Gasteiger charge is 2.20. The molecule has 0 saturated heterocycles. The van der Waals surface area contributed by atoms with E-state index in [1.807, 2.05) is 53.2 Å². The Balaban J connectivity index is 1.57. The zero-order valence-electron chi connectivity index (χ0n) is 11.2. The van der Waals surface area contributed by atoms with E-state index >= 15 is 0 Å². The maximum absolute atomic E-state index is 4.67. The summed E-state index contributed by atoms with van der Waals surface area (Å²) in [4.78, 5) is 12.6. The first-order chi connectivity index (χ1) is 10.9. The van der Waals surface area contributed by atoms with Crippen LogP contribution in [0.5, 0.6) is 0 Å². The van der Waals surface area contributed by atoms with Crippen LogP contribution < -0.4 is 0 Å². The van der Waals surface area contributed by atoms with Gasteiger partial charge in [-0.3, -0.25) is 0 Å². The van der Waals surface area contributed by atoms with Crippen LogP contribution in [-0.2, 0) is 11.1 Å². The molecule has 0 fully saturated rings. The number of hydrogen-bond donors (Lipinski definition) is 1. The van der Waals surface area contributed by atoms with Gasteiger partial charge in [0, 0.05) is 0 Å². The van der Waals surface area contributed by atoms with Crippen molar-refractivity contribution < 1.29 is 0 Å². The Hall–Kier alpha value is -2.38. The smallest absolute Gasteiger partial charge is 0.181 e. The van der Waals surface area contributed by atoms with Crippen LogP contribution in [0.3, 0.4) is 0 Å². The molecule has 0 spiro atoms. The normalized spacial score (nSPS) is 13.4. The van der Waals surface area contributed by atoms with Crippen LogP contribution in [0.25, 0.3) is 22.1 Å². The molecule has 3 heterocycles. The van der Waals surface area contributed by atoms with Gasteiger partial charge in [0.2, 0.25) is 0 Å². The number of benzene rings is 2. The summed E-state index contributed by atoms with van der Waals surface area (Å²) < 4.78 is 7.42. The van der Waals surface area contributed by atoms with E-state index in [1.54, 1.807) is 11.8 Å². The van der Waals surface area contributed by atoms with E-state index in [9.17, 15) is 0 Å². The molecule has 1 N–H and O–H groups in total. The molecule has 106 valence electrons. The fraction of sp³-hybridized carbons (Fsp3) is 0. The van der Waals surface area contributed by atoms with Gasteiger partial charge in [-0.05, 0) is 47.2 Å². The lowest BCUT2D eigenvalue weighted by Crippen LogP contribution is -1.99. The van der Waals surface area contributed by atoms with Crippen molar-refractivity contribution >= 4 is 49.2 Å². The second kappa shape index (κ2) is 4.56. The number of H-pyrrole nitrogens is 1. The molecule has 7 heteroatoms. The molecule has 5 nitrogen and oxygen atoms in total. The highest BCUT2D eigenvalue weighted by Crippen LogP contribution is 2.27. The average Bonchev–Trinajstić information content (AvgIpc) is 3.21. The molecule has 0 aliphatic carbocycles. The van der Waals surface area contributed by atoms with Gasteiger partial charge in [0.05, 0.1) is 22.1 Å². The summed E-state index contributed by atoms with van der Waals surface area (Å²) >= 11 is 3.01. The van der Waals surface area contributed by atoms with Crippen molar-refractivity contribution in [2.45, 2.75) is 5.16 Å². The van der Waals surface area contributed by atoms with Crippen LogP contribution in [0.1, 0.15) is 5.82 Å². The first kappa shape index (κ1) is 12.2. The summed E-state index contributed by atoms with van der Waals surface area (Å²) in [6.45, 7) is 0. The van der Waals surface area contributed by atoms with Gasteiger partial charge in [0.25, 0.3) is 0 Å². The van der Waals surface area contributed by atoms with Gasteiger partial charge in [0.1, 0.15) is 4.20 Å². The molecule has 22 heavy (non-hydrogen) atoms. The average molecular weight is 323 g/mol. The van der Waals surface area contributed by atoms with Gasteiger partial charge < -0.3 is 4.98 Å². The van der Waals surface area contributed by atoms with Crippen molar-refractivity contribution in [2.75, 3.05) is 0 Å². The third-order valence-electron chi connectivity index (χ3n) is 3.48. The predicted octanol–water partition coefficient (Wildman–Crippen LogP) is 3.23. The maximum Gasteiger partial charge on any atom is 0.181 e. The minimum atomic E-state index is 0.861. The van der Waals surface area contributed by atoms with E-state index < -0.39 is 0 Å². The van der Waals surface area contributed by atoms with Crippen molar-refractivity contribution in [1.29, 1.82) is 0 Å². The van der Waals surface area contributed by atoms with Crippen LogP contribution in [0.4, 0.5) is 0 Å². The zero-order valence-corrected chi connectivity index (χ0v) is 12.9. The number of nitrogens with one attached hydrogen (secondary N) is 1. The zero-order chi connectivity index (χ0) is 14.5. The fourth-order valence-electron chi connectivity index (χ4n) is 2.48. The Morgan fingerprint density at radius 2 is 1.77 bits per heavy atom. The van der Waals surface area contributed by atoms with Gasteiger partial charge in [0.15, 0.2) is 11.0 Å². The molecule has 4 aromatic rings. The van der Waals surface area contributed by atoms with Gasteiger partial charge in [-0.25, -0.2) is 14.6 Å².